The van der Waals surface area contributed by atoms with Gasteiger partial charge in [0.05, 0.1) is 128 Å². The fraction of sp³-hybridized carbons (Fsp3) is 0.341. The van der Waals surface area contributed by atoms with Crippen molar-refractivity contribution in [2.24, 2.45) is 14.1 Å². The number of aromatic nitrogens is 20. The third-order valence-electron chi connectivity index (χ3n) is 20.6. The molecule has 0 radical (unpaired) electrons. The lowest BCUT2D eigenvalue weighted by Gasteiger charge is -2.28. The van der Waals surface area contributed by atoms with Crippen LogP contribution in [0.5, 0.6) is 11.8 Å². The quantitative estimate of drug-likeness (QED) is 0.00791. The van der Waals surface area contributed by atoms with Crippen molar-refractivity contribution < 1.29 is 46.9 Å². The number of quaternary nitrogens is 2. The van der Waals surface area contributed by atoms with E-state index in [1.54, 1.807) is 22.6 Å². The van der Waals surface area contributed by atoms with Gasteiger partial charge in [-0.25, -0.2) is 63.6 Å². The fourth-order valence-electron chi connectivity index (χ4n) is 14.0. The molecule has 18 N–H and O–H groups in total. The maximum Gasteiger partial charge on any atom is 0.257 e. The van der Waals surface area contributed by atoms with Gasteiger partial charge >= 0.3 is 0 Å². The summed E-state index contributed by atoms with van der Waals surface area (Å²) in [4.78, 5) is 0. The van der Waals surface area contributed by atoms with Gasteiger partial charge in [-0.3, -0.25) is 0 Å². The number of likely N-dealkylation sites (tertiary alicyclic amines) is 1. The highest BCUT2D eigenvalue weighted by Gasteiger charge is 2.27. The molecular formula is C91H140N32O4. The van der Waals surface area contributed by atoms with Crippen molar-refractivity contribution in [1.82, 2.24) is 76.0 Å². The van der Waals surface area contributed by atoms with Crippen molar-refractivity contribution in [3.8, 4) is 11.8 Å². The number of fused-ring (bicyclic) bond motifs is 6. The number of hydrogen-bond donors (Lipinski definition) is 12. The predicted octanol–water partition coefficient (Wildman–Crippen LogP) is 8.72. The van der Waals surface area contributed by atoms with Crippen LogP contribution in [0.2, 0.25) is 0 Å². The monoisotopic (exact) mass is 1750 g/mol. The first kappa shape index (κ1) is 102. The number of nitrogens with one attached hydrogen (secondary N) is 4. The molecule has 1 saturated heterocycles. The molecular weight excluding hydrogens is 1610 g/mol. The van der Waals surface area contributed by atoms with Crippen LogP contribution in [-0.4, -0.2) is 202 Å². The third kappa shape index (κ3) is 28.7. The maximum atomic E-state index is 8.89. The standard InChI is InChI=1S/C15H21N6O.C15H26N5.C14H19N6.C14H18N5O2.C14H21N4O.C13H17N6.6CH3/c16-14-13-4-1-2-7-21(13)18-15(14)17-5-3-6-19-8-9-20(12-19)10-11-22;1-20(2,3)12-8-4-6-10-17-15-14(16)13-9-5-7-11-19(13)18-15;1-18-9-10-19(11-18)7-4-6-16-14-13(15)12-5-2-3-8-20(12)17-14;15-13-12-3-1-2-4-19(12)16-14(13)21-10-8-18-6-5-17(11-18)7-9-20;1-18(8-4-5-9-18)10-11-19-14-13(15)12-6-2-3-7-17(12)16-14;1-17-8-9-18(10-17)7-5-15-13-12(14)11-4-2-3-6-19(11)16-13;;;;;;/h1-2,4,7-9,12,22H,3,5-6,10-11,16H2,(H,17,18);5,7,9,11H,4,6,8,10,12,16H2,1-3H3,(H,17,18);2-3,5,8-11H,4,6-7,15H2,1H3,(H,16,17);1-6,11,20H,7-10,15H2;2-3,6-7H,4-5,8-11,15H2,1H3;2-4,6,8-10H,5,7,14H2,1H3,(H,15,16);6*1H3/q6*+1;6*-1. The van der Waals surface area contributed by atoms with Crippen molar-refractivity contribution in [1.29, 1.82) is 0 Å². The van der Waals surface area contributed by atoms with E-state index in [1.165, 1.54) is 45.3 Å². The van der Waals surface area contributed by atoms with Crippen molar-refractivity contribution in [2.45, 2.75) is 84.2 Å². The molecule has 36 nitrogen and oxygen atoms in total. The molecule has 16 aromatic rings. The van der Waals surface area contributed by atoms with Crippen molar-refractivity contribution >= 4 is 90.5 Å². The van der Waals surface area contributed by atoms with Crippen LogP contribution >= 0.6 is 0 Å². The lowest BCUT2D eigenvalue weighted by atomic mass is 10.2. The van der Waals surface area contributed by atoms with E-state index in [9.17, 15) is 0 Å². The van der Waals surface area contributed by atoms with Crippen LogP contribution in [0.15, 0.2) is 221 Å². The van der Waals surface area contributed by atoms with Gasteiger partial charge in [0.1, 0.15) is 130 Å². The number of anilines is 10. The molecule has 17 rings (SSSR count). The fourth-order valence-corrected chi connectivity index (χ4v) is 14.0. The first-order chi connectivity index (χ1) is 58.7. The molecule has 36 heteroatoms. The number of nitrogens with zero attached hydrogens (tertiary/aromatic N) is 22. The Labute approximate surface area is 748 Å². The zero-order chi connectivity index (χ0) is 85.1. The van der Waals surface area contributed by atoms with Crippen LogP contribution < -0.4 is 83.4 Å². The summed E-state index contributed by atoms with van der Waals surface area (Å²) in [6.07, 6.45) is 43.6. The molecule has 1 aliphatic heterocycles. The van der Waals surface area contributed by atoms with Crippen molar-refractivity contribution in [3.63, 3.8) is 0 Å². The van der Waals surface area contributed by atoms with Crippen molar-refractivity contribution in [2.75, 3.05) is 163 Å². The molecule has 0 aromatic carbocycles. The van der Waals surface area contributed by atoms with Gasteiger partial charge < -0.3 is 129 Å². The minimum absolute atomic E-state index is 0. The molecule has 0 unspecified atom stereocenters. The summed E-state index contributed by atoms with van der Waals surface area (Å²) >= 11 is 0. The number of ether oxygens (including phenoxy) is 2. The summed E-state index contributed by atoms with van der Waals surface area (Å²) in [6, 6.07) is 35.0. The maximum absolute atomic E-state index is 8.89. The normalized spacial score (nSPS) is 11.7. The number of likely N-dealkylation sites (N-methyl/N-ethyl adjacent to an activating group) is 1. The zero-order valence-corrected chi connectivity index (χ0v) is 76.5. The first-order valence-corrected chi connectivity index (χ1v) is 41.2. The lowest BCUT2D eigenvalue weighted by Crippen LogP contribution is -2.43. The van der Waals surface area contributed by atoms with E-state index < -0.39 is 0 Å². The highest BCUT2D eigenvalue weighted by molar-refractivity contribution is 5.83. The largest absolute Gasteiger partial charge is 0.471 e. The SMILES string of the molecule is C[N+](C)(C)CCCCCNc1nn2ccccc2c1N.C[N+]1(CCOc2nn3ccccc3c2N)CCCC1.C[n+]1ccn(CCCNc2nn3ccccc3c2N)c1.C[n+]1ccn(CCNc2nn3ccccc3c2N)c1.Nc1c(NCCC[n+]2ccn(CCO)c2)nn2ccccc12.Nc1c(OCCn2cc[n+](CCO)c2)nn2ccccc12.[CH3-].[CH3-].[CH3-].[CH3-].[CH3-].[CH3-]. The summed E-state index contributed by atoms with van der Waals surface area (Å²) in [5.41, 5.74) is 45.9. The predicted molar refractivity (Wildman–Crippen MR) is 512 cm³/mol. The molecule has 0 atom stereocenters. The molecule has 688 valence electrons. The number of unbranched alkanes of at least 4 members (excludes halogenated alkanes) is 2. The highest BCUT2D eigenvalue weighted by Crippen LogP contribution is 2.29. The van der Waals surface area contributed by atoms with Crippen LogP contribution in [0, 0.1) is 44.6 Å². The van der Waals surface area contributed by atoms with Gasteiger partial charge in [-0.15, -0.1) is 30.6 Å². The van der Waals surface area contributed by atoms with E-state index >= 15 is 0 Å². The summed E-state index contributed by atoms with van der Waals surface area (Å²) in [5.74, 6) is 4.03. The molecule has 1 aliphatic rings. The van der Waals surface area contributed by atoms with Gasteiger partial charge in [0.25, 0.3) is 11.8 Å². The Kier molecular flexibility index (Phi) is 40.1. The van der Waals surface area contributed by atoms with Crippen molar-refractivity contribution in [3.05, 3.63) is 266 Å². The van der Waals surface area contributed by atoms with Crippen LogP contribution in [0.3, 0.4) is 0 Å². The zero-order valence-electron chi connectivity index (χ0n) is 76.5. The summed E-state index contributed by atoms with van der Waals surface area (Å²) in [6.45, 7) is 14.2. The van der Waals surface area contributed by atoms with Gasteiger partial charge in [-0.05, 0) is 92.1 Å². The minimum Gasteiger partial charge on any atom is -0.471 e. The highest BCUT2D eigenvalue weighted by atomic mass is 16.5. The second-order valence-electron chi connectivity index (χ2n) is 31.2. The van der Waals surface area contributed by atoms with Gasteiger partial charge in [0.15, 0.2) is 23.3 Å². The third-order valence-corrected chi connectivity index (χ3v) is 20.6. The van der Waals surface area contributed by atoms with Crippen LogP contribution in [0.4, 0.5) is 57.4 Å². The number of rotatable bonds is 33. The summed E-state index contributed by atoms with van der Waals surface area (Å²) in [7, 11) is 13.0. The molecule has 0 amide bonds. The molecule has 17 heterocycles. The van der Waals surface area contributed by atoms with E-state index in [0.29, 0.717) is 73.0 Å². The molecule has 0 spiro atoms. The molecule has 0 saturated carbocycles. The number of nitrogens with two attached hydrogens (primary N) is 6. The van der Waals surface area contributed by atoms with Gasteiger partial charge in [0, 0.05) is 82.5 Å². The Morgan fingerprint density at radius 3 is 1.12 bits per heavy atom. The Balaban J connectivity index is 0.000000233. The first-order valence-electron chi connectivity index (χ1n) is 41.2. The average molecular weight is 1750 g/mol. The topological polar surface area (TPSA) is 402 Å². The molecule has 1 fully saturated rings. The van der Waals surface area contributed by atoms with Crippen LogP contribution in [-0.2, 0) is 53.4 Å². The van der Waals surface area contributed by atoms with Gasteiger partial charge in [0.2, 0.25) is 25.3 Å². The van der Waals surface area contributed by atoms with E-state index in [1.807, 2.05) is 250 Å². The average Bonchev–Trinajstić information content (AvgIpc) is 1.71. The van der Waals surface area contributed by atoms with Crippen LogP contribution in [0.25, 0.3) is 33.1 Å². The Hall–Kier alpha value is -13.6. The second kappa shape index (κ2) is 49.8. The number of aliphatic hydroxyl groups is 2. The molecule has 16 aromatic heterocycles. The minimum atomic E-state index is 0. The number of nitrogen functional groups attached to an aromatic ring is 6. The number of pyridine rings is 6. The number of aryl methyl sites for hydroxylation is 4. The van der Waals surface area contributed by atoms with E-state index in [-0.39, 0.29) is 57.8 Å². The Morgan fingerprint density at radius 2 is 0.732 bits per heavy atom. The Morgan fingerprint density at radius 1 is 0.378 bits per heavy atom. The van der Waals surface area contributed by atoms with Gasteiger partial charge in [-0.1, -0.05) is 36.4 Å². The summed E-state index contributed by atoms with van der Waals surface area (Å²) < 4.78 is 40.5. The summed E-state index contributed by atoms with van der Waals surface area (Å²) in [5, 5.41) is 57.3. The number of imidazole rings is 4. The van der Waals surface area contributed by atoms with Crippen LogP contribution in [0.1, 0.15) is 44.9 Å². The Bertz CT molecular complexity index is 5840. The number of hydrogen-bond acceptors (Lipinski definition) is 20. The molecule has 127 heavy (non-hydrogen) atoms. The van der Waals surface area contributed by atoms with E-state index in [4.69, 9.17) is 54.1 Å². The van der Waals surface area contributed by atoms with E-state index in [0.717, 1.165) is 143 Å². The van der Waals surface area contributed by atoms with Gasteiger partial charge in [-0.2, -0.15) is 0 Å². The smallest absolute Gasteiger partial charge is 0.257 e. The molecule has 0 bridgehead atoms. The van der Waals surface area contributed by atoms with E-state index in [2.05, 4.69) is 106 Å². The molecule has 0 aliphatic carbocycles. The number of aliphatic hydroxyl groups excluding tert-OH is 2. The second-order valence-corrected chi connectivity index (χ2v) is 31.2. The lowest BCUT2D eigenvalue weighted by molar-refractivity contribution is -0.897.